The quantitative estimate of drug-likeness (QED) is 0.821. The number of halogens is 1. The molecule has 0 saturated carbocycles. The Morgan fingerprint density at radius 3 is 2.48 bits per heavy atom. The summed E-state index contributed by atoms with van der Waals surface area (Å²) in [6.45, 7) is 6.74. The molecule has 1 aromatic carbocycles. The van der Waals surface area contributed by atoms with Crippen LogP contribution in [0.2, 0.25) is 0 Å². The van der Waals surface area contributed by atoms with Crippen molar-refractivity contribution in [2.24, 2.45) is 0 Å². The second-order valence-electron chi connectivity index (χ2n) is 7.20. The van der Waals surface area contributed by atoms with Crippen LogP contribution < -0.4 is 0 Å². The molecule has 7 heteroatoms. The average Bonchev–Trinajstić information content (AvgIpc) is 3.04. The first kappa shape index (κ1) is 17.4. The molecule has 3 rings (SSSR count). The summed E-state index contributed by atoms with van der Waals surface area (Å²) in [7, 11) is 0. The molecule has 0 aliphatic carbocycles. The molecule has 134 valence electrons. The van der Waals surface area contributed by atoms with Gasteiger partial charge >= 0.3 is 6.09 Å². The summed E-state index contributed by atoms with van der Waals surface area (Å²) in [5.74, 6) is 0.815. The van der Waals surface area contributed by atoms with Crippen LogP contribution in [-0.4, -0.2) is 39.8 Å². The van der Waals surface area contributed by atoms with Gasteiger partial charge < -0.3 is 14.2 Å². The highest BCUT2D eigenvalue weighted by Crippen LogP contribution is 2.29. The van der Waals surface area contributed by atoms with E-state index in [1.807, 2.05) is 20.8 Å². The Balaban J connectivity index is 1.60. The fraction of sp³-hybridized carbons (Fsp3) is 0.500. The van der Waals surface area contributed by atoms with Crippen LogP contribution in [0.4, 0.5) is 9.18 Å². The van der Waals surface area contributed by atoms with Crippen LogP contribution in [0.5, 0.6) is 0 Å². The second-order valence-corrected chi connectivity index (χ2v) is 7.20. The third-order valence-corrected chi connectivity index (χ3v) is 4.04. The van der Waals surface area contributed by atoms with Gasteiger partial charge in [0.15, 0.2) is 0 Å². The number of piperidine rings is 1. The number of hydrogen-bond acceptors (Lipinski definition) is 5. The average molecular weight is 347 g/mol. The number of ether oxygens (including phenoxy) is 1. The molecule has 25 heavy (non-hydrogen) atoms. The summed E-state index contributed by atoms with van der Waals surface area (Å²) in [5, 5.41) is 3.98. The molecule has 0 atom stereocenters. The summed E-state index contributed by atoms with van der Waals surface area (Å²) in [5.41, 5.74) is 0.215. The van der Waals surface area contributed by atoms with Gasteiger partial charge in [-0.25, -0.2) is 9.18 Å². The SMILES string of the molecule is CC(C)(C)OC(=O)N1CCC(c2nc(-c3ccc(F)cc3)no2)CC1. The zero-order chi connectivity index (χ0) is 18.0. The number of carbonyl (C=O) groups is 1. The van der Waals surface area contributed by atoms with Gasteiger partial charge in [-0.3, -0.25) is 0 Å². The maximum atomic E-state index is 13.0. The molecule has 1 aromatic heterocycles. The van der Waals surface area contributed by atoms with Gasteiger partial charge in [0.05, 0.1) is 0 Å². The minimum absolute atomic E-state index is 0.111. The number of likely N-dealkylation sites (tertiary alicyclic amines) is 1. The van der Waals surface area contributed by atoms with Crippen molar-refractivity contribution in [1.29, 1.82) is 0 Å². The topological polar surface area (TPSA) is 68.5 Å². The monoisotopic (exact) mass is 347 g/mol. The van der Waals surface area contributed by atoms with Gasteiger partial charge in [0.2, 0.25) is 11.7 Å². The fourth-order valence-corrected chi connectivity index (χ4v) is 2.75. The zero-order valence-corrected chi connectivity index (χ0v) is 14.7. The van der Waals surface area contributed by atoms with Gasteiger partial charge in [0, 0.05) is 24.6 Å². The Morgan fingerprint density at radius 2 is 1.88 bits per heavy atom. The number of benzene rings is 1. The molecule has 6 nitrogen and oxygen atoms in total. The van der Waals surface area contributed by atoms with Gasteiger partial charge in [-0.1, -0.05) is 5.16 Å². The minimum Gasteiger partial charge on any atom is -0.444 e. The lowest BCUT2D eigenvalue weighted by Gasteiger charge is -2.32. The first-order valence-electron chi connectivity index (χ1n) is 8.39. The largest absolute Gasteiger partial charge is 0.444 e. The van der Waals surface area contributed by atoms with E-state index in [-0.39, 0.29) is 17.8 Å². The van der Waals surface area contributed by atoms with Crippen molar-refractivity contribution in [1.82, 2.24) is 15.0 Å². The molecule has 0 bridgehead atoms. The number of nitrogens with zero attached hydrogens (tertiary/aromatic N) is 3. The first-order chi connectivity index (χ1) is 11.8. The highest BCUT2D eigenvalue weighted by molar-refractivity contribution is 5.68. The van der Waals surface area contributed by atoms with Crippen molar-refractivity contribution in [3.63, 3.8) is 0 Å². The fourth-order valence-electron chi connectivity index (χ4n) is 2.75. The Bertz CT molecular complexity index is 729. The summed E-state index contributed by atoms with van der Waals surface area (Å²) < 4.78 is 23.8. The maximum Gasteiger partial charge on any atom is 0.410 e. The van der Waals surface area contributed by atoms with Gasteiger partial charge in [0.1, 0.15) is 11.4 Å². The van der Waals surface area contributed by atoms with Gasteiger partial charge in [-0.2, -0.15) is 4.98 Å². The molecule has 2 aromatic rings. The number of aromatic nitrogens is 2. The van der Waals surface area contributed by atoms with E-state index in [1.54, 1.807) is 17.0 Å². The number of rotatable bonds is 2. The number of amides is 1. The van der Waals surface area contributed by atoms with E-state index < -0.39 is 5.60 Å². The maximum absolute atomic E-state index is 13.0. The standard InChI is InChI=1S/C18H22FN3O3/c1-18(2,3)24-17(23)22-10-8-13(9-11-22)16-20-15(21-25-16)12-4-6-14(19)7-5-12/h4-7,13H,8-11H2,1-3H3. The Labute approximate surface area is 146 Å². The molecular weight excluding hydrogens is 325 g/mol. The number of hydrogen-bond donors (Lipinski definition) is 0. The summed E-state index contributed by atoms with van der Waals surface area (Å²) >= 11 is 0. The minimum atomic E-state index is -0.496. The number of carbonyl (C=O) groups excluding carboxylic acids is 1. The molecule has 1 saturated heterocycles. The molecular formula is C18H22FN3O3. The highest BCUT2D eigenvalue weighted by Gasteiger charge is 2.30. The van der Waals surface area contributed by atoms with Crippen molar-refractivity contribution < 1.29 is 18.4 Å². The predicted molar refractivity (Wildman–Crippen MR) is 89.5 cm³/mol. The van der Waals surface area contributed by atoms with Crippen LogP contribution in [0.3, 0.4) is 0 Å². The van der Waals surface area contributed by atoms with E-state index in [0.29, 0.717) is 30.4 Å². The zero-order valence-electron chi connectivity index (χ0n) is 14.7. The molecule has 2 heterocycles. The van der Waals surface area contributed by atoms with Crippen LogP contribution in [0.25, 0.3) is 11.4 Å². The first-order valence-corrected chi connectivity index (χ1v) is 8.39. The molecule has 1 aliphatic heterocycles. The Kier molecular flexibility index (Phi) is 4.74. The van der Waals surface area contributed by atoms with Crippen molar-refractivity contribution in [3.05, 3.63) is 36.0 Å². The highest BCUT2D eigenvalue weighted by atomic mass is 19.1. The Hall–Kier alpha value is -2.44. The molecule has 1 amide bonds. The third kappa shape index (κ3) is 4.35. The molecule has 0 N–H and O–H groups in total. The third-order valence-electron chi connectivity index (χ3n) is 4.04. The smallest absolute Gasteiger partial charge is 0.410 e. The van der Waals surface area contributed by atoms with E-state index in [2.05, 4.69) is 10.1 Å². The molecule has 1 fully saturated rings. The summed E-state index contributed by atoms with van der Waals surface area (Å²) in [4.78, 5) is 18.2. The molecule has 0 radical (unpaired) electrons. The van der Waals surface area contributed by atoms with Crippen LogP contribution in [-0.2, 0) is 4.74 Å². The van der Waals surface area contributed by atoms with Crippen LogP contribution in [0.1, 0.15) is 45.4 Å². The molecule has 0 spiro atoms. The van der Waals surface area contributed by atoms with Crippen molar-refractivity contribution in [2.45, 2.75) is 45.1 Å². The summed E-state index contributed by atoms with van der Waals surface area (Å²) in [6.07, 6.45) is 1.19. The van der Waals surface area contributed by atoms with Crippen LogP contribution in [0.15, 0.2) is 28.8 Å². The lowest BCUT2D eigenvalue weighted by atomic mass is 9.97. The van der Waals surface area contributed by atoms with Crippen LogP contribution >= 0.6 is 0 Å². The van der Waals surface area contributed by atoms with E-state index in [4.69, 9.17) is 9.26 Å². The lowest BCUT2D eigenvalue weighted by Crippen LogP contribution is -2.41. The van der Waals surface area contributed by atoms with Gasteiger partial charge in [-0.15, -0.1) is 0 Å². The second kappa shape index (κ2) is 6.82. The van der Waals surface area contributed by atoms with E-state index >= 15 is 0 Å². The van der Waals surface area contributed by atoms with Gasteiger partial charge in [-0.05, 0) is 57.9 Å². The van der Waals surface area contributed by atoms with Crippen molar-refractivity contribution in [3.8, 4) is 11.4 Å². The van der Waals surface area contributed by atoms with E-state index in [9.17, 15) is 9.18 Å². The van der Waals surface area contributed by atoms with Gasteiger partial charge in [0.25, 0.3) is 0 Å². The Morgan fingerprint density at radius 1 is 1.24 bits per heavy atom. The van der Waals surface area contributed by atoms with Crippen molar-refractivity contribution >= 4 is 6.09 Å². The predicted octanol–water partition coefficient (Wildman–Crippen LogP) is 3.99. The van der Waals surface area contributed by atoms with E-state index in [0.717, 1.165) is 12.8 Å². The normalized spacial score (nSPS) is 16.1. The lowest BCUT2D eigenvalue weighted by molar-refractivity contribution is 0.0198. The summed E-state index contributed by atoms with van der Waals surface area (Å²) in [6, 6.07) is 5.97. The molecule has 0 unspecified atom stereocenters. The van der Waals surface area contributed by atoms with Crippen molar-refractivity contribution in [2.75, 3.05) is 13.1 Å². The van der Waals surface area contributed by atoms with E-state index in [1.165, 1.54) is 12.1 Å². The van der Waals surface area contributed by atoms with Crippen LogP contribution in [0, 0.1) is 5.82 Å². The molecule has 1 aliphatic rings.